The fourth-order valence-corrected chi connectivity index (χ4v) is 8.00. The van der Waals surface area contributed by atoms with Gasteiger partial charge in [-0.15, -0.1) is 0 Å². The van der Waals surface area contributed by atoms with Crippen molar-refractivity contribution in [2.24, 2.45) is 5.92 Å². The highest BCUT2D eigenvalue weighted by Crippen LogP contribution is 2.56. The van der Waals surface area contributed by atoms with E-state index in [-0.39, 0.29) is 48.6 Å². The van der Waals surface area contributed by atoms with E-state index in [1.54, 1.807) is 12.1 Å². The summed E-state index contributed by atoms with van der Waals surface area (Å²) in [6.07, 6.45) is -1.12. The second kappa shape index (κ2) is 8.74. The number of carbonyl (C=O) groups excluding carboxylic acids is 1. The van der Waals surface area contributed by atoms with E-state index in [1.807, 2.05) is 6.92 Å². The lowest BCUT2D eigenvalue weighted by Crippen LogP contribution is -2.53. The van der Waals surface area contributed by atoms with Crippen LogP contribution in [0.5, 0.6) is 5.75 Å². The molecule has 4 atom stereocenters. The Bertz CT molecular complexity index is 1250. The number of hydrogen-bond acceptors (Lipinski definition) is 6. The Kier molecular flexibility index (Phi) is 5.99. The number of halogens is 2. The van der Waals surface area contributed by atoms with E-state index < -0.39 is 50.4 Å². The van der Waals surface area contributed by atoms with Gasteiger partial charge in [0.1, 0.15) is 16.7 Å². The van der Waals surface area contributed by atoms with Crippen LogP contribution < -0.4 is 4.74 Å². The van der Waals surface area contributed by atoms with E-state index in [4.69, 9.17) is 9.47 Å². The quantitative estimate of drug-likeness (QED) is 0.681. The van der Waals surface area contributed by atoms with Crippen LogP contribution in [0.1, 0.15) is 36.8 Å². The molecule has 0 spiro atoms. The van der Waals surface area contributed by atoms with Gasteiger partial charge in [-0.25, -0.2) is 22.0 Å². The Morgan fingerprint density at radius 1 is 1.14 bits per heavy atom. The number of ether oxygens (including phenoxy) is 2. The number of β-amino-alcohol motifs (C(OH)–C–C–N with tert-alkyl or cyclic N) is 1. The molecule has 3 aliphatic rings. The highest BCUT2D eigenvalue weighted by Gasteiger charge is 2.60. The number of aliphatic hydroxyl groups excluding tert-OH is 1. The van der Waals surface area contributed by atoms with Gasteiger partial charge in [-0.3, -0.25) is 0 Å². The number of rotatable bonds is 3. The van der Waals surface area contributed by atoms with Crippen molar-refractivity contribution in [3.63, 3.8) is 0 Å². The zero-order chi connectivity index (χ0) is 25.0. The predicted molar refractivity (Wildman–Crippen MR) is 122 cm³/mol. The van der Waals surface area contributed by atoms with Crippen molar-refractivity contribution in [2.45, 2.75) is 54.5 Å². The van der Waals surface area contributed by atoms with Gasteiger partial charge in [0, 0.05) is 19.0 Å². The van der Waals surface area contributed by atoms with Gasteiger partial charge in [-0.1, -0.05) is 17.7 Å². The first-order chi connectivity index (χ1) is 16.6. The van der Waals surface area contributed by atoms with Crippen LogP contribution in [-0.4, -0.2) is 56.4 Å². The van der Waals surface area contributed by atoms with Crippen LogP contribution in [0.25, 0.3) is 0 Å². The van der Waals surface area contributed by atoms with Gasteiger partial charge in [0.2, 0.25) is 0 Å². The Balaban J connectivity index is 1.54. The van der Waals surface area contributed by atoms with Gasteiger partial charge >= 0.3 is 6.09 Å². The number of fused-ring (bicyclic) bond motifs is 3. The molecule has 35 heavy (non-hydrogen) atoms. The van der Waals surface area contributed by atoms with Gasteiger partial charge in [-0.05, 0) is 56.9 Å². The molecule has 0 aromatic heterocycles. The molecule has 2 aromatic rings. The molecule has 188 valence electrons. The number of sulfone groups is 1. The third-order valence-electron chi connectivity index (χ3n) is 7.46. The number of likely N-dealkylation sites (tertiary alicyclic amines) is 1. The van der Waals surface area contributed by atoms with E-state index in [0.717, 1.165) is 17.7 Å². The number of aliphatic hydroxyl groups is 1. The standard InChI is InChI=1S/C25H27F2NO6S/c1-15-2-4-19(5-3-15)35(31,32)25-10-8-18(34-24(30)28-11-9-17(29)13-28)12-16(25)14-33-23-21(27)7-6-20(26)22(23)25/h2-7,16-18,29H,8-14H2,1H3/t16-,17-,18-,25+/m1/s1. The highest BCUT2D eigenvalue weighted by atomic mass is 32.2. The van der Waals surface area contributed by atoms with Crippen molar-refractivity contribution < 1.29 is 36.6 Å². The zero-order valence-corrected chi connectivity index (χ0v) is 20.1. The maximum Gasteiger partial charge on any atom is 0.410 e. The largest absolute Gasteiger partial charge is 0.490 e. The highest BCUT2D eigenvalue weighted by molar-refractivity contribution is 7.92. The van der Waals surface area contributed by atoms with Crippen LogP contribution >= 0.6 is 0 Å². The van der Waals surface area contributed by atoms with Gasteiger partial charge in [-0.2, -0.15) is 0 Å². The summed E-state index contributed by atoms with van der Waals surface area (Å²) in [7, 11) is -4.20. The molecule has 0 radical (unpaired) electrons. The molecule has 1 amide bonds. The number of nitrogens with zero attached hydrogens (tertiary/aromatic N) is 1. The van der Waals surface area contributed by atoms with E-state index in [9.17, 15) is 22.7 Å². The lowest BCUT2D eigenvalue weighted by molar-refractivity contribution is 0.00790. The monoisotopic (exact) mass is 507 g/mol. The van der Waals surface area contributed by atoms with Crippen LogP contribution in [0.15, 0.2) is 41.3 Å². The second-order valence-corrected chi connectivity index (χ2v) is 11.8. The summed E-state index contributed by atoms with van der Waals surface area (Å²) in [6.45, 7) is 2.23. The Hall–Kier alpha value is -2.72. The molecule has 0 unspecified atom stereocenters. The molecule has 1 saturated heterocycles. The SMILES string of the molecule is Cc1ccc(S(=O)(=O)[C@@]23CC[C@@H](OC(=O)N4CC[C@@H](O)C4)C[C@@H]2COc2c(F)ccc(F)c23)cc1. The van der Waals surface area contributed by atoms with Crippen molar-refractivity contribution in [1.29, 1.82) is 0 Å². The summed E-state index contributed by atoms with van der Waals surface area (Å²) < 4.78 is 67.8. The molecule has 2 aromatic carbocycles. The molecule has 2 heterocycles. The molecular formula is C25H27F2NO6S. The summed E-state index contributed by atoms with van der Waals surface area (Å²) in [5.74, 6) is -2.81. The van der Waals surface area contributed by atoms with Gasteiger partial charge in [0.15, 0.2) is 21.4 Å². The van der Waals surface area contributed by atoms with E-state index in [2.05, 4.69) is 0 Å². The molecule has 0 bridgehead atoms. The first-order valence-corrected chi connectivity index (χ1v) is 13.2. The molecule has 5 rings (SSSR count). The molecule has 1 saturated carbocycles. The number of aryl methyl sites for hydroxylation is 1. The maximum atomic E-state index is 15.3. The lowest BCUT2D eigenvalue weighted by Gasteiger charge is -2.48. The first-order valence-electron chi connectivity index (χ1n) is 11.7. The van der Waals surface area contributed by atoms with Crippen LogP contribution in [-0.2, 0) is 19.3 Å². The van der Waals surface area contributed by atoms with E-state index in [1.165, 1.54) is 17.0 Å². The Morgan fingerprint density at radius 2 is 1.86 bits per heavy atom. The minimum absolute atomic E-state index is 0.0195. The van der Waals surface area contributed by atoms with Gasteiger partial charge < -0.3 is 19.5 Å². The minimum atomic E-state index is -4.20. The fraction of sp³-hybridized carbons (Fsp3) is 0.480. The van der Waals surface area contributed by atoms with Crippen molar-refractivity contribution in [3.8, 4) is 5.75 Å². The second-order valence-electron chi connectivity index (χ2n) is 9.62. The van der Waals surface area contributed by atoms with Crippen molar-refractivity contribution in [3.05, 3.63) is 59.2 Å². The van der Waals surface area contributed by atoms with Gasteiger partial charge in [0.25, 0.3) is 0 Å². The fourth-order valence-electron chi connectivity index (χ4n) is 5.64. The summed E-state index contributed by atoms with van der Waals surface area (Å²) in [5.41, 5.74) is 0.576. The third-order valence-corrected chi connectivity index (χ3v) is 10.0. The van der Waals surface area contributed by atoms with E-state index in [0.29, 0.717) is 13.0 Å². The molecule has 2 fully saturated rings. The van der Waals surface area contributed by atoms with Crippen LogP contribution in [0, 0.1) is 24.5 Å². The van der Waals surface area contributed by atoms with Crippen molar-refractivity contribution >= 4 is 15.9 Å². The number of benzene rings is 2. The molecule has 2 aliphatic heterocycles. The maximum absolute atomic E-state index is 15.3. The summed E-state index contributed by atoms with van der Waals surface area (Å²) in [4.78, 5) is 14.0. The third kappa shape index (κ3) is 3.87. The average Bonchev–Trinajstić information content (AvgIpc) is 3.27. The Labute approximate surface area is 202 Å². The lowest BCUT2D eigenvalue weighted by atomic mass is 9.72. The van der Waals surface area contributed by atoms with Crippen molar-refractivity contribution in [1.82, 2.24) is 4.90 Å². The average molecular weight is 508 g/mol. The minimum Gasteiger partial charge on any atom is -0.490 e. The normalized spacial score (nSPS) is 28.1. The summed E-state index contributed by atoms with van der Waals surface area (Å²) in [6, 6.07) is 8.15. The molecular weight excluding hydrogens is 480 g/mol. The molecule has 10 heteroatoms. The molecule has 7 nitrogen and oxygen atoms in total. The van der Waals surface area contributed by atoms with Crippen molar-refractivity contribution in [2.75, 3.05) is 19.7 Å². The zero-order valence-electron chi connectivity index (χ0n) is 19.2. The topological polar surface area (TPSA) is 93.1 Å². The molecule has 1 aliphatic carbocycles. The summed E-state index contributed by atoms with van der Waals surface area (Å²) in [5, 5.41) is 9.70. The summed E-state index contributed by atoms with van der Waals surface area (Å²) >= 11 is 0. The predicted octanol–water partition coefficient (Wildman–Crippen LogP) is 3.71. The smallest absolute Gasteiger partial charge is 0.410 e. The van der Waals surface area contributed by atoms with Crippen LogP contribution in [0.4, 0.5) is 13.6 Å². The van der Waals surface area contributed by atoms with E-state index >= 15 is 4.39 Å². The first kappa shape index (κ1) is 24.0. The van der Waals surface area contributed by atoms with Gasteiger partial charge in [0.05, 0.1) is 23.2 Å². The number of carbonyl (C=O) groups is 1. The van der Waals surface area contributed by atoms with Crippen LogP contribution in [0.2, 0.25) is 0 Å². The number of amides is 1. The molecule has 1 N–H and O–H groups in total. The number of hydrogen-bond donors (Lipinski definition) is 1. The van der Waals surface area contributed by atoms with Crippen LogP contribution in [0.3, 0.4) is 0 Å². The Morgan fingerprint density at radius 3 is 2.54 bits per heavy atom.